The maximum atomic E-state index is 12.6. The number of para-hydroxylation sites is 2. The third-order valence-corrected chi connectivity index (χ3v) is 4.01. The zero-order valence-corrected chi connectivity index (χ0v) is 15.3. The Labute approximate surface area is 169 Å². The molecule has 30 heavy (non-hydrogen) atoms. The number of carboxylic acids is 2. The van der Waals surface area contributed by atoms with Crippen molar-refractivity contribution in [3.05, 3.63) is 95.1 Å². The van der Waals surface area contributed by atoms with Crippen molar-refractivity contribution in [2.75, 3.05) is 0 Å². The molecule has 0 heterocycles. The number of hydrogen-bond acceptors (Lipinski definition) is 6. The van der Waals surface area contributed by atoms with Crippen LogP contribution < -0.4 is 9.47 Å². The topological polar surface area (TPSA) is 127 Å². The maximum Gasteiger partial charge on any atom is 0.344 e. The fraction of sp³-hybridized carbons (Fsp3) is 0. The van der Waals surface area contributed by atoms with Gasteiger partial charge in [-0.05, 0) is 36.4 Å². The molecule has 0 bridgehead atoms. The van der Waals surface area contributed by atoms with Crippen LogP contribution in [0.4, 0.5) is 0 Å². The minimum Gasteiger partial charge on any atom is -0.478 e. The normalized spacial score (nSPS) is 10.1. The highest BCUT2D eigenvalue weighted by Crippen LogP contribution is 2.23. The van der Waals surface area contributed by atoms with Gasteiger partial charge < -0.3 is 19.7 Å². The molecule has 0 fully saturated rings. The van der Waals surface area contributed by atoms with Crippen molar-refractivity contribution in [3.63, 3.8) is 0 Å². The second-order valence-electron chi connectivity index (χ2n) is 5.93. The van der Waals surface area contributed by atoms with E-state index in [0.29, 0.717) is 0 Å². The van der Waals surface area contributed by atoms with Gasteiger partial charge in [0.2, 0.25) is 0 Å². The summed E-state index contributed by atoms with van der Waals surface area (Å²) in [6, 6.07) is 16.7. The van der Waals surface area contributed by atoms with Crippen molar-refractivity contribution >= 4 is 23.9 Å². The molecule has 3 rings (SSSR count). The first-order valence-corrected chi connectivity index (χ1v) is 8.56. The summed E-state index contributed by atoms with van der Waals surface area (Å²) in [7, 11) is 0. The molecule has 0 atom stereocenters. The number of esters is 2. The molecule has 0 aliphatic rings. The lowest BCUT2D eigenvalue weighted by molar-refractivity contribution is 0.0650. The van der Waals surface area contributed by atoms with E-state index in [2.05, 4.69) is 0 Å². The predicted molar refractivity (Wildman–Crippen MR) is 103 cm³/mol. The molecule has 0 spiro atoms. The van der Waals surface area contributed by atoms with Crippen LogP contribution in [0.25, 0.3) is 0 Å². The molecule has 0 amide bonds. The molecular formula is C22H14O8. The van der Waals surface area contributed by atoms with Gasteiger partial charge in [0.25, 0.3) is 0 Å². The Morgan fingerprint density at radius 2 is 0.800 bits per heavy atom. The van der Waals surface area contributed by atoms with Crippen molar-refractivity contribution < 1.29 is 38.9 Å². The van der Waals surface area contributed by atoms with Crippen LogP contribution in [0.15, 0.2) is 72.8 Å². The summed E-state index contributed by atoms with van der Waals surface area (Å²) in [6.07, 6.45) is 0. The van der Waals surface area contributed by atoms with Gasteiger partial charge in [-0.3, -0.25) is 0 Å². The second-order valence-corrected chi connectivity index (χ2v) is 5.93. The number of benzene rings is 3. The summed E-state index contributed by atoms with van der Waals surface area (Å²) in [4.78, 5) is 47.8. The minimum absolute atomic E-state index is 0.171. The molecule has 2 N–H and O–H groups in total. The van der Waals surface area contributed by atoms with E-state index in [9.17, 15) is 29.4 Å². The van der Waals surface area contributed by atoms with Gasteiger partial charge >= 0.3 is 23.9 Å². The van der Waals surface area contributed by atoms with E-state index in [0.717, 1.165) is 0 Å². The summed E-state index contributed by atoms with van der Waals surface area (Å²) in [5.41, 5.74) is -0.784. The second kappa shape index (κ2) is 8.70. The van der Waals surface area contributed by atoms with Crippen molar-refractivity contribution in [2.24, 2.45) is 0 Å². The van der Waals surface area contributed by atoms with E-state index in [1.807, 2.05) is 0 Å². The smallest absolute Gasteiger partial charge is 0.344 e. The molecule has 3 aromatic carbocycles. The summed E-state index contributed by atoms with van der Waals surface area (Å²) in [5, 5.41) is 18.4. The number of carbonyl (C=O) groups excluding carboxylic acids is 2. The molecule has 0 aliphatic carbocycles. The SMILES string of the molecule is O=C(O)c1ccccc1OC(=O)c1ccccc1C(=O)Oc1ccccc1C(=O)O. The lowest BCUT2D eigenvalue weighted by Gasteiger charge is -2.11. The van der Waals surface area contributed by atoms with Crippen LogP contribution in [0.2, 0.25) is 0 Å². The fourth-order valence-corrected chi connectivity index (χ4v) is 2.61. The van der Waals surface area contributed by atoms with Gasteiger partial charge in [0.1, 0.15) is 22.6 Å². The Hall–Kier alpha value is -4.46. The van der Waals surface area contributed by atoms with E-state index in [-0.39, 0.29) is 33.8 Å². The maximum absolute atomic E-state index is 12.6. The molecule has 3 aromatic rings. The Balaban J connectivity index is 1.90. The van der Waals surface area contributed by atoms with E-state index in [1.165, 1.54) is 72.8 Å². The first-order valence-electron chi connectivity index (χ1n) is 8.56. The van der Waals surface area contributed by atoms with Gasteiger partial charge in [0, 0.05) is 0 Å². The molecule has 0 aliphatic heterocycles. The van der Waals surface area contributed by atoms with Crippen molar-refractivity contribution in [2.45, 2.75) is 0 Å². The number of rotatable bonds is 6. The van der Waals surface area contributed by atoms with Crippen LogP contribution in [0.3, 0.4) is 0 Å². The van der Waals surface area contributed by atoms with Crippen LogP contribution in [0.5, 0.6) is 11.5 Å². The highest BCUT2D eigenvalue weighted by molar-refractivity contribution is 6.05. The van der Waals surface area contributed by atoms with Gasteiger partial charge in [-0.15, -0.1) is 0 Å². The van der Waals surface area contributed by atoms with Crippen LogP contribution in [0.1, 0.15) is 41.4 Å². The number of carbonyl (C=O) groups is 4. The molecule has 0 unspecified atom stereocenters. The molecule has 0 aromatic heterocycles. The molecule has 0 saturated heterocycles. The van der Waals surface area contributed by atoms with Crippen molar-refractivity contribution in [1.82, 2.24) is 0 Å². The average Bonchev–Trinajstić information content (AvgIpc) is 2.74. The molecule has 0 radical (unpaired) electrons. The van der Waals surface area contributed by atoms with Crippen LogP contribution >= 0.6 is 0 Å². The van der Waals surface area contributed by atoms with E-state index in [4.69, 9.17) is 9.47 Å². The van der Waals surface area contributed by atoms with Gasteiger partial charge in [0.05, 0.1) is 11.1 Å². The molecule has 0 saturated carbocycles. The number of hydrogen-bond donors (Lipinski definition) is 2. The highest BCUT2D eigenvalue weighted by Gasteiger charge is 2.23. The molecular weight excluding hydrogens is 392 g/mol. The van der Waals surface area contributed by atoms with Gasteiger partial charge in [-0.25, -0.2) is 19.2 Å². The van der Waals surface area contributed by atoms with Crippen LogP contribution in [-0.4, -0.2) is 34.1 Å². The Morgan fingerprint density at radius 3 is 1.13 bits per heavy atom. The van der Waals surface area contributed by atoms with Gasteiger partial charge in [0.15, 0.2) is 0 Å². The lowest BCUT2D eigenvalue weighted by Crippen LogP contribution is -2.19. The molecule has 8 nitrogen and oxygen atoms in total. The largest absolute Gasteiger partial charge is 0.478 e. The Morgan fingerprint density at radius 1 is 0.500 bits per heavy atom. The monoisotopic (exact) mass is 406 g/mol. The van der Waals surface area contributed by atoms with E-state index in [1.54, 1.807) is 0 Å². The number of aromatic carboxylic acids is 2. The first-order chi connectivity index (χ1) is 14.4. The summed E-state index contributed by atoms with van der Waals surface area (Å²) in [6.45, 7) is 0. The standard InChI is InChI=1S/C22H14O8/c23-19(24)15-9-3-5-11-17(15)29-21(27)13-7-1-2-8-14(13)22(28)30-18-12-6-4-10-16(18)20(25)26/h1-12H,(H,23,24)(H,25,26). The summed E-state index contributed by atoms with van der Waals surface area (Å²) < 4.78 is 10.3. The van der Waals surface area contributed by atoms with Crippen LogP contribution in [-0.2, 0) is 0 Å². The number of carboxylic acid groups (broad SMARTS) is 2. The highest BCUT2D eigenvalue weighted by atomic mass is 16.5. The Kier molecular flexibility index (Phi) is 5.88. The van der Waals surface area contributed by atoms with Crippen LogP contribution in [0, 0.1) is 0 Å². The average molecular weight is 406 g/mol. The van der Waals surface area contributed by atoms with Gasteiger partial charge in [-0.2, -0.15) is 0 Å². The third kappa shape index (κ3) is 4.33. The fourth-order valence-electron chi connectivity index (χ4n) is 2.61. The van der Waals surface area contributed by atoms with Crippen molar-refractivity contribution in [1.29, 1.82) is 0 Å². The number of ether oxygens (including phenoxy) is 2. The quantitative estimate of drug-likeness (QED) is 0.470. The van der Waals surface area contributed by atoms with E-state index < -0.39 is 23.9 Å². The first kappa shape index (κ1) is 20.3. The third-order valence-electron chi connectivity index (χ3n) is 4.01. The Bertz CT molecular complexity index is 1060. The molecule has 8 heteroatoms. The predicted octanol–water partition coefficient (Wildman–Crippen LogP) is 3.52. The van der Waals surface area contributed by atoms with E-state index >= 15 is 0 Å². The summed E-state index contributed by atoms with van der Waals surface area (Å²) in [5.74, 6) is -4.87. The zero-order chi connectivity index (χ0) is 21.7. The zero-order valence-electron chi connectivity index (χ0n) is 15.3. The van der Waals surface area contributed by atoms with Crippen molar-refractivity contribution in [3.8, 4) is 11.5 Å². The lowest BCUT2D eigenvalue weighted by atomic mass is 10.1. The summed E-state index contributed by atoms with van der Waals surface area (Å²) >= 11 is 0. The molecule has 150 valence electrons. The minimum atomic E-state index is -1.28. The van der Waals surface area contributed by atoms with Gasteiger partial charge in [-0.1, -0.05) is 36.4 Å².